The molecule has 9 heteroatoms. The quantitative estimate of drug-likeness (QED) is 0.668. The van der Waals surface area contributed by atoms with Crippen molar-refractivity contribution in [3.05, 3.63) is 29.3 Å². The minimum absolute atomic E-state index is 0.112. The predicted molar refractivity (Wildman–Crippen MR) is 96.1 cm³/mol. The molecular weight excluding hydrogens is 368 g/mol. The number of hydrogen-bond donors (Lipinski definition) is 1. The van der Waals surface area contributed by atoms with E-state index in [2.05, 4.69) is 9.80 Å². The number of piperazine rings is 1. The predicted octanol–water partition coefficient (Wildman–Crippen LogP) is 0.836. The van der Waals surface area contributed by atoms with E-state index in [1.54, 1.807) is 12.1 Å². The van der Waals surface area contributed by atoms with E-state index in [9.17, 15) is 13.2 Å². The first-order chi connectivity index (χ1) is 11.8. The second-order valence-electron chi connectivity index (χ2n) is 5.97. The molecule has 1 aromatic carbocycles. The summed E-state index contributed by atoms with van der Waals surface area (Å²) >= 11 is 5.82. The number of carboxylic acid groups (broad SMARTS) is 1. The van der Waals surface area contributed by atoms with E-state index < -0.39 is 21.6 Å². The largest absolute Gasteiger partial charge is 0.492 e. The highest BCUT2D eigenvalue weighted by Gasteiger charge is 2.21. The van der Waals surface area contributed by atoms with Gasteiger partial charge in [0.25, 0.3) is 0 Å². The molecule has 0 spiro atoms. The summed E-state index contributed by atoms with van der Waals surface area (Å²) in [5, 5.41) is 9.26. The molecule has 0 radical (unpaired) electrons. The molecule has 1 fully saturated rings. The number of hydrogen-bond acceptors (Lipinski definition) is 6. The number of ether oxygens (including phenoxy) is 1. The summed E-state index contributed by atoms with van der Waals surface area (Å²) in [4.78, 5) is 14.8. The fourth-order valence-electron chi connectivity index (χ4n) is 2.59. The SMILES string of the molecule is O=C(O)CS(=O)(=O)CCN1CCN(CCOc2ccc(Cl)cc2)CC1. The Balaban J connectivity index is 1.62. The zero-order valence-electron chi connectivity index (χ0n) is 13.9. The van der Waals surface area contributed by atoms with Crippen LogP contribution in [0.25, 0.3) is 0 Å². The molecule has 1 aliphatic rings. The van der Waals surface area contributed by atoms with E-state index in [1.165, 1.54) is 0 Å². The topological polar surface area (TPSA) is 87.1 Å². The van der Waals surface area contributed by atoms with Gasteiger partial charge < -0.3 is 9.84 Å². The number of carboxylic acids is 1. The molecule has 7 nitrogen and oxygen atoms in total. The smallest absolute Gasteiger partial charge is 0.318 e. The average molecular weight is 391 g/mol. The maximum atomic E-state index is 11.6. The summed E-state index contributed by atoms with van der Waals surface area (Å²) in [7, 11) is -3.53. The van der Waals surface area contributed by atoms with Gasteiger partial charge in [-0.1, -0.05) is 11.6 Å². The number of benzene rings is 1. The van der Waals surface area contributed by atoms with Gasteiger partial charge in [0.15, 0.2) is 9.84 Å². The Morgan fingerprint density at radius 3 is 2.20 bits per heavy atom. The van der Waals surface area contributed by atoms with Gasteiger partial charge in [0.2, 0.25) is 0 Å². The van der Waals surface area contributed by atoms with Gasteiger partial charge in [-0.15, -0.1) is 0 Å². The van der Waals surface area contributed by atoms with Crippen LogP contribution in [0.2, 0.25) is 5.02 Å². The van der Waals surface area contributed by atoms with Crippen molar-refractivity contribution in [1.82, 2.24) is 9.80 Å². The van der Waals surface area contributed by atoms with Crippen molar-refractivity contribution in [2.24, 2.45) is 0 Å². The molecule has 0 saturated carbocycles. The second-order valence-corrected chi connectivity index (χ2v) is 8.59. The van der Waals surface area contributed by atoms with E-state index >= 15 is 0 Å². The Kier molecular flexibility index (Phi) is 7.49. The van der Waals surface area contributed by atoms with Crippen molar-refractivity contribution < 1.29 is 23.1 Å². The molecule has 1 saturated heterocycles. The Morgan fingerprint density at radius 1 is 1.08 bits per heavy atom. The van der Waals surface area contributed by atoms with Crippen molar-refractivity contribution in [2.45, 2.75) is 0 Å². The minimum Gasteiger partial charge on any atom is -0.492 e. The highest BCUT2D eigenvalue weighted by Crippen LogP contribution is 2.15. The van der Waals surface area contributed by atoms with Gasteiger partial charge in [-0.2, -0.15) is 0 Å². The summed E-state index contributed by atoms with van der Waals surface area (Å²) in [6, 6.07) is 7.23. The normalized spacial score (nSPS) is 16.7. The van der Waals surface area contributed by atoms with E-state index in [0.29, 0.717) is 18.2 Å². The highest BCUT2D eigenvalue weighted by atomic mass is 35.5. The summed E-state index contributed by atoms with van der Waals surface area (Å²) in [5.74, 6) is -1.43. The lowest BCUT2D eigenvalue weighted by Crippen LogP contribution is -2.48. The molecule has 0 aromatic heterocycles. The summed E-state index contributed by atoms with van der Waals surface area (Å²) in [6.07, 6.45) is 0. The van der Waals surface area contributed by atoms with Gasteiger partial charge >= 0.3 is 5.97 Å². The third-order valence-electron chi connectivity index (χ3n) is 4.02. The zero-order chi connectivity index (χ0) is 18.3. The van der Waals surface area contributed by atoms with Crippen LogP contribution in [-0.2, 0) is 14.6 Å². The van der Waals surface area contributed by atoms with Gasteiger partial charge in [0.05, 0.1) is 5.75 Å². The lowest BCUT2D eigenvalue weighted by molar-refractivity contribution is -0.134. The molecule has 0 bridgehead atoms. The van der Waals surface area contributed by atoms with Crippen molar-refractivity contribution in [1.29, 1.82) is 0 Å². The van der Waals surface area contributed by atoms with Crippen LogP contribution in [0.3, 0.4) is 0 Å². The van der Waals surface area contributed by atoms with Gasteiger partial charge in [-0.3, -0.25) is 14.6 Å². The molecular formula is C16H23ClN2O5S. The molecule has 0 unspecified atom stereocenters. The first-order valence-electron chi connectivity index (χ1n) is 8.09. The van der Waals surface area contributed by atoms with Crippen LogP contribution >= 0.6 is 11.6 Å². The lowest BCUT2D eigenvalue weighted by atomic mass is 10.3. The van der Waals surface area contributed by atoms with Crippen LogP contribution in [0.4, 0.5) is 0 Å². The lowest BCUT2D eigenvalue weighted by Gasteiger charge is -2.34. The van der Waals surface area contributed by atoms with Crippen LogP contribution < -0.4 is 4.74 Å². The monoisotopic (exact) mass is 390 g/mol. The average Bonchev–Trinajstić information content (AvgIpc) is 2.55. The Bertz CT molecular complexity index is 658. The van der Waals surface area contributed by atoms with Crippen LogP contribution in [0.15, 0.2) is 24.3 Å². The van der Waals surface area contributed by atoms with Crippen molar-refractivity contribution >= 4 is 27.4 Å². The fourth-order valence-corrected chi connectivity index (χ4v) is 3.77. The minimum atomic E-state index is -3.53. The van der Waals surface area contributed by atoms with Gasteiger partial charge in [0.1, 0.15) is 18.1 Å². The van der Waals surface area contributed by atoms with Crippen LogP contribution in [0, 0.1) is 0 Å². The molecule has 0 amide bonds. The number of aliphatic carboxylic acids is 1. The third-order valence-corrected chi connectivity index (χ3v) is 5.76. The Hall–Kier alpha value is -1.35. The van der Waals surface area contributed by atoms with Crippen molar-refractivity contribution in [3.8, 4) is 5.75 Å². The third kappa shape index (κ3) is 7.60. The molecule has 1 N–H and O–H groups in total. The number of carbonyl (C=O) groups is 1. The number of halogens is 1. The van der Waals surface area contributed by atoms with Gasteiger partial charge in [-0.25, -0.2) is 8.42 Å². The number of sulfone groups is 1. The fraction of sp³-hybridized carbons (Fsp3) is 0.562. The summed E-state index contributed by atoms with van der Waals surface area (Å²) < 4.78 is 28.9. The number of rotatable bonds is 9. The first-order valence-corrected chi connectivity index (χ1v) is 10.3. The molecule has 25 heavy (non-hydrogen) atoms. The van der Waals surface area contributed by atoms with Crippen molar-refractivity contribution in [2.75, 3.05) is 57.4 Å². The van der Waals surface area contributed by atoms with E-state index in [0.717, 1.165) is 38.5 Å². The molecule has 1 aliphatic heterocycles. The summed E-state index contributed by atoms with van der Waals surface area (Å²) in [6.45, 7) is 4.96. The standard InChI is InChI=1S/C16H23ClN2O5S/c17-14-1-3-15(4-2-14)24-11-9-18-5-7-19(8-6-18)10-12-25(22,23)13-16(20)21/h1-4H,5-13H2,(H,20,21). The highest BCUT2D eigenvalue weighted by molar-refractivity contribution is 7.92. The molecule has 1 heterocycles. The zero-order valence-corrected chi connectivity index (χ0v) is 15.5. The maximum Gasteiger partial charge on any atom is 0.318 e. The van der Waals surface area contributed by atoms with E-state index in [4.69, 9.17) is 21.4 Å². The van der Waals surface area contributed by atoms with Crippen LogP contribution in [0.5, 0.6) is 5.75 Å². The number of nitrogens with zero attached hydrogens (tertiary/aromatic N) is 2. The van der Waals surface area contributed by atoms with Gasteiger partial charge in [0, 0.05) is 44.3 Å². The Labute approximate surface area is 153 Å². The van der Waals surface area contributed by atoms with E-state index in [1.807, 2.05) is 12.1 Å². The molecule has 1 aromatic rings. The summed E-state index contributed by atoms with van der Waals surface area (Å²) in [5.41, 5.74) is 0. The van der Waals surface area contributed by atoms with Gasteiger partial charge in [-0.05, 0) is 24.3 Å². The Morgan fingerprint density at radius 2 is 1.64 bits per heavy atom. The molecule has 2 rings (SSSR count). The first kappa shape index (κ1) is 20.0. The molecule has 0 aliphatic carbocycles. The molecule has 140 valence electrons. The molecule has 0 atom stereocenters. The second kappa shape index (κ2) is 9.38. The van der Waals surface area contributed by atoms with E-state index in [-0.39, 0.29) is 5.75 Å². The maximum absolute atomic E-state index is 11.6. The van der Waals surface area contributed by atoms with Crippen LogP contribution in [-0.4, -0.2) is 86.7 Å². The van der Waals surface area contributed by atoms with Crippen molar-refractivity contribution in [3.63, 3.8) is 0 Å². The van der Waals surface area contributed by atoms with Crippen LogP contribution in [0.1, 0.15) is 0 Å².